The van der Waals surface area contributed by atoms with Gasteiger partial charge in [0.2, 0.25) is 5.91 Å². The van der Waals surface area contributed by atoms with E-state index < -0.39 is 11.7 Å². The summed E-state index contributed by atoms with van der Waals surface area (Å²) in [6, 6.07) is 18.5. The average Bonchev–Trinajstić information content (AvgIpc) is 3.59. The fraction of sp³-hybridized carbons (Fsp3) is 0.241. The molecule has 6 nitrogen and oxygen atoms in total. The molecule has 0 radical (unpaired) electrons. The predicted octanol–water partition coefficient (Wildman–Crippen LogP) is 5.64. The maximum atomic E-state index is 13.9. The third kappa shape index (κ3) is 5.75. The molecule has 8 heteroatoms. The number of carbonyl (C=O) groups is 2. The van der Waals surface area contributed by atoms with Gasteiger partial charge in [0.15, 0.2) is 0 Å². The van der Waals surface area contributed by atoms with E-state index in [-0.39, 0.29) is 30.6 Å². The van der Waals surface area contributed by atoms with E-state index in [1.807, 2.05) is 42.6 Å². The number of furan rings is 1. The van der Waals surface area contributed by atoms with Crippen LogP contribution in [-0.4, -0.2) is 41.3 Å². The minimum absolute atomic E-state index is 0.0934. The van der Waals surface area contributed by atoms with Crippen molar-refractivity contribution in [1.82, 2.24) is 9.80 Å². The monoisotopic (exact) mass is 518 g/mol. The summed E-state index contributed by atoms with van der Waals surface area (Å²) in [6.45, 7) is 2.76. The number of amides is 2. The smallest absolute Gasteiger partial charge is 0.254 e. The van der Waals surface area contributed by atoms with Gasteiger partial charge >= 0.3 is 0 Å². The molecule has 0 saturated heterocycles. The second-order valence-electron chi connectivity index (χ2n) is 9.03. The Morgan fingerprint density at radius 3 is 2.73 bits per heavy atom. The van der Waals surface area contributed by atoms with Crippen molar-refractivity contribution in [3.63, 3.8) is 0 Å². The molecule has 4 aromatic rings. The third-order valence-electron chi connectivity index (χ3n) is 6.46. The molecule has 2 aromatic heterocycles. The molecule has 0 unspecified atom stereocenters. The van der Waals surface area contributed by atoms with Gasteiger partial charge in [0.1, 0.15) is 30.5 Å². The van der Waals surface area contributed by atoms with Crippen LogP contribution in [-0.2, 0) is 17.8 Å². The van der Waals surface area contributed by atoms with E-state index in [0.717, 1.165) is 23.3 Å². The van der Waals surface area contributed by atoms with E-state index in [0.29, 0.717) is 18.9 Å². The van der Waals surface area contributed by atoms with Crippen LogP contribution in [0, 0.1) is 12.7 Å². The van der Waals surface area contributed by atoms with Crippen molar-refractivity contribution in [2.24, 2.45) is 0 Å². The topological polar surface area (TPSA) is 63.0 Å². The van der Waals surface area contributed by atoms with Crippen molar-refractivity contribution in [2.45, 2.75) is 25.9 Å². The van der Waals surface area contributed by atoms with Crippen molar-refractivity contribution in [1.29, 1.82) is 0 Å². The number of hydrogen-bond donors (Lipinski definition) is 0. The summed E-state index contributed by atoms with van der Waals surface area (Å²) in [5.74, 6) is 0.122. The Morgan fingerprint density at radius 2 is 1.97 bits per heavy atom. The highest BCUT2D eigenvalue weighted by molar-refractivity contribution is 7.10. The number of benzene rings is 2. The maximum absolute atomic E-state index is 13.9. The molecule has 1 atom stereocenters. The fourth-order valence-corrected chi connectivity index (χ4v) is 5.46. The van der Waals surface area contributed by atoms with Crippen molar-refractivity contribution in [3.05, 3.63) is 112 Å². The lowest BCUT2D eigenvalue weighted by Gasteiger charge is -2.37. The number of carbonyl (C=O) groups excluding carboxylic acids is 2. The number of aryl methyl sites for hydroxylation is 1. The average molecular weight is 519 g/mol. The number of thiophene rings is 1. The SMILES string of the molecule is Cc1ccc(OC[C@H]2c3ccsc3CCN2C(=O)CN(Cc2ccco2)C(=O)c2cccc(F)c2)cc1. The van der Waals surface area contributed by atoms with Crippen LogP contribution in [0.2, 0.25) is 0 Å². The molecule has 0 bridgehead atoms. The molecule has 37 heavy (non-hydrogen) atoms. The number of ether oxygens (including phenoxy) is 1. The number of halogens is 1. The number of nitrogens with zero attached hydrogens (tertiary/aromatic N) is 2. The summed E-state index contributed by atoms with van der Waals surface area (Å²) < 4.78 is 25.4. The van der Waals surface area contributed by atoms with Crippen LogP contribution in [0.4, 0.5) is 4.39 Å². The normalized spacial score (nSPS) is 14.8. The summed E-state index contributed by atoms with van der Waals surface area (Å²) in [4.78, 5) is 31.5. The van der Waals surface area contributed by atoms with Crippen molar-refractivity contribution >= 4 is 23.2 Å². The fourth-order valence-electron chi connectivity index (χ4n) is 4.53. The summed E-state index contributed by atoms with van der Waals surface area (Å²) in [7, 11) is 0. The first kappa shape index (κ1) is 24.8. The van der Waals surface area contributed by atoms with Crippen LogP contribution in [0.1, 0.15) is 38.2 Å². The molecule has 2 aromatic carbocycles. The molecule has 1 aliphatic heterocycles. The first-order valence-electron chi connectivity index (χ1n) is 12.1. The van der Waals surface area contributed by atoms with Gasteiger partial charge in [-0.2, -0.15) is 0 Å². The van der Waals surface area contributed by atoms with Crippen LogP contribution < -0.4 is 4.74 Å². The predicted molar refractivity (Wildman–Crippen MR) is 139 cm³/mol. The van der Waals surface area contributed by atoms with Gasteiger partial charge in [-0.15, -0.1) is 11.3 Å². The Bertz CT molecular complexity index is 1370. The maximum Gasteiger partial charge on any atom is 0.254 e. The van der Waals surface area contributed by atoms with Crippen LogP contribution in [0.15, 0.2) is 82.8 Å². The number of hydrogen-bond acceptors (Lipinski definition) is 5. The van der Waals surface area contributed by atoms with E-state index in [1.165, 1.54) is 34.2 Å². The van der Waals surface area contributed by atoms with E-state index in [1.54, 1.807) is 34.4 Å². The van der Waals surface area contributed by atoms with Crippen LogP contribution in [0.25, 0.3) is 0 Å². The third-order valence-corrected chi connectivity index (χ3v) is 7.45. The largest absolute Gasteiger partial charge is 0.491 e. The zero-order chi connectivity index (χ0) is 25.8. The van der Waals surface area contributed by atoms with Crippen LogP contribution in [0.5, 0.6) is 5.75 Å². The molecular weight excluding hydrogens is 491 g/mol. The molecule has 0 fully saturated rings. The van der Waals surface area contributed by atoms with Gasteiger partial charge < -0.3 is 19.0 Å². The lowest BCUT2D eigenvalue weighted by molar-refractivity contribution is -0.135. The van der Waals surface area contributed by atoms with Gasteiger partial charge in [0, 0.05) is 17.0 Å². The Kier molecular flexibility index (Phi) is 7.37. The van der Waals surface area contributed by atoms with E-state index in [9.17, 15) is 14.0 Å². The Labute approximate surface area is 218 Å². The van der Waals surface area contributed by atoms with Gasteiger partial charge in [-0.05, 0) is 72.8 Å². The highest BCUT2D eigenvalue weighted by atomic mass is 32.1. The molecule has 5 rings (SSSR count). The molecule has 190 valence electrons. The lowest BCUT2D eigenvalue weighted by Crippen LogP contribution is -2.47. The minimum atomic E-state index is -0.510. The molecule has 2 amide bonds. The molecule has 0 spiro atoms. The first-order valence-corrected chi connectivity index (χ1v) is 13.0. The van der Waals surface area contributed by atoms with Crippen LogP contribution in [0.3, 0.4) is 0 Å². The van der Waals surface area contributed by atoms with Gasteiger partial charge in [-0.3, -0.25) is 9.59 Å². The lowest BCUT2D eigenvalue weighted by atomic mass is 10.0. The Balaban J connectivity index is 1.37. The minimum Gasteiger partial charge on any atom is -0.491 e. The Morgan fingerprint density at radius 1 is 1.14 bits per heavy atom. The molecular formula is C29H27FN2O4S. The zero-order valence-corrected chi connectivity index (χ0v) is 21.2. The van der Waals surface area contributed by atoms with Crippen molar-refractivity contribution in [2.75, 3.05) is 19.7 Å². The van der Waals surface area contributed by atoms with E-state index >= 15 is 0 Å². The van der Waals surface area contributed by atoms with Crippen molar-refractivity contribution < 1.29 is 23.1 Å². The standard InChI is InChI=1S/C29H27FN2O4S/c1-20-7-9-23(10-8-20)36-19-26-25-12-15-37-27(25)11-13-32(26)28(33)18-31(17-24-6-3-14-35-24)29(34)21-4-2-5-22(30)16-21/h2-10,12,14-16,26H,11,13,17-19H2,1H3/t26-/m0/s1. The summed E-state index contributed by atoms with van der Waals surface area (Å²) in [5.41, 5.74) is 2.39. The van der Waals surface area contributed by atoms with Gasteiger partial charge in [-0.1, -0.05) is 23.8 Å². The highest BCUT2D eigenvalue weighted by Gasteiger charge is 2.34. The van der Waals surface area contributed by atoms with E-state index in [2.05, 4.69) is 0 Å². The van der Waals surface area contributed by atoms with E-state index in [4.69, 9.17) is 9.15 Å². The Hall–Kier alpha value is -3.91. The van der Waals surface area contributed by atoms with Crippen molar-refractivity contribution in [3.8, 4) is 5.75 Å². The van der Waals surface area contributed by atoms with Gasteiger partial charge in [0.25, 0.3) is 5.91 Å². The summed E-state index contributed by atoms with van der Waals surface area (Å²) in [5, 5.41) is 2.04. The number of rotatable bonds is 8. The first-order chi connectivity index (χ1) is 18.0. The zero-order valence-electron chi connectivity index (χ0n) is 20.4. The van der Waals surface area contributed by atoms with Crippen LogP contribution >= 0.6 is 11.3 Å². The molecule has 0 N–H and O–H groups in total. The molecule has 1 aliphatic rings. The quantitative estimate of drug-likeness (QED) is 0.303. The number of fused-ring (bicyclic) bond motifs is 1. The van der Waals surface area contributed by atoms with Gasteiger partial charge in [0.05, 0.1) is 18.8 Å². The second kappa shape index (κ2) is 11.0. The molecule has 0 saturated carbocycles. The summed E-state index contributed by atoms with van der Waals surface area (Å²) >= 11 is 1.68. The van der Waals surface area contributed by atoms with Gasteiger partial charge in [-0.25, -0.2) is 4.39 Å². The highest BCUT2D eigenvalue weighted by Crippen LogP contribution is 2.34. The second-order valence-corrected chi connectivity index (χ2v) is 10.0. The summed E-state index contributed by atoms with van der Waals surface area (Å²) in [6.07, 6.45) is 2.26. The molecule has 0 aliphatic carbocycles. The molecule has 3 heterocycles.